The van der Waals surface area contributed by atoms with Crippen LogP contribution in [0.2, 0.25) is 0 Å². The van der Waals surface area contributed by atoms with E-state index in [9.17, 15) is 13.2 Å². The predicted molar refractivity (Wildman–Crippen MR) is 70.9 cm³/mol. The number of hydrogen-bond donors (Lipinski definition) is 1. The molecule has 0 amide bonds. The first-order valence-electron chi connectivity index (χ1n) is 5.83. The molecule has 1 aromatic carbocycles. The summed E-state index contributed by atoms with van der Waals surface area (Å²) < 4.78 is 25.4. The number of hydrogen-bond acceptors (Lipinski definition) is 3. The SMILES string of the molecule is CNS(=O)(=O)c1ccc(C(C(C)=O)C(C)C)cc1. The number of carbonyl (C=O) groups is 1. The lowest BCUT2D eigenvalue weighted by Gasteiger charge is -2.18. The molecule has 1 N–H and O–H groups in total. The van der Waals surface area contributed by atoms with Crippen molar-refractivity contribution in [1.82, 2.24) is 4.72 Å². The Labute approximate surface area is 108 Å². The fourth-order valence-electron chi connectivity index (χ4n) is 2.06. The number of benzene rings is 1. The lowest BCUT2D eigenvalue weighted by atomic mass is 9.86. The molecule has 18 heavy (non-hydrogen) atoms. The van der Waals surface area contributed by atoms with E-state index >= 15 is 0 Å². The summed E-state index contributed by atoms with van der Waals surface area (Å²) in [6.07, 6.45) is 0. The largest absolute Gasteiger partial charge is 0.299 e. The second kappa shape index (κ2) is 5.63. The number of Topliss-reactive ketones (excluding diaryl/α,β-unsaturated/α-hetero) is 1. The van der Waals surface area contributed by atoms with Crippen LogP contribution in [0.3, 0.4) is 0 Å². The van der Waals surface area contributed by atoms with Gasteiger partial charge in [-0.25, -0.2) is 13.1 Å². The van der Waals surface area contributed by atoms with Gasteiger partial charge in [-0.05, 0) is 37.6 Å². The Kier molecular flexibility index (Phi) is 4.65. The summed E-state index contributed by atoms with van der Waals surface area (Å²) in [5.74, 6) is 0.0971. The molecule has 1 unspecified atom stereocenters. The van der Waals surface area contributed by atoms with E-state index in [1.54, 1.807) is 19.1 Å². The number of carbonyl (C=O) groups excluding carboxylic acids is 1. The Morgan fingerprint density at radius 2 is 1.67 bits per heavy atom. The summed E-state index contributed by atoms with van der Waals surface area (Å²) in [4.78, 5) is 11.8. The van der Waals surface area contributed by atoms with Crippen molar-refractivity contribution in [1.29, 1.82) is 0 Å². The minimum absolute atomic E-state index is 0.0919. The highest BCUT2D eigenvalue weighted by Gasteiger charge is 2.21. The summed E-state index contributed by atoms with van der Waals surface area (Å²) in [6, 6.07) is 6.46. The Bertz CT molecular complexity index is 518. The van der Waals surface area contributed by atoms with Crippen LogP contribution in [0.15, 0.2) is 29.2 Å². The molecule has 1 atom stereocenters. The molecule has 0 saturated carbocycles. The zero-order valence-electron chi connectivity index (χ0n) is 11.1. The van der Waals surface area contributed by atoms with Crippen LogP contribution in [0, 0.1) is 5.92 Å². The van der Waals surface area contributed by atoms with E-state index in [0.717, 1.165) is 5.56 Å². The van der Waals surface area contributed by atoms with E-state index in [1.807, 2.05) is 13.8 Å². The molecule has 1 rings (SSSR count). The summed E-state index contributed by atoms with van der Waals surface area (Å²) in [5, 5.41) is 0. The molecule has 0 fully saturated rings. The van der Waals surface area contributed by atoms with Gasteiger partial charge in [0.05, 0.1) is 4.90 Å². The van der Waals surface area contributed by atoms with E-state index in [4.69, 9.17) is 0 Å². The Morgan fingerprint density at radius 3 is 2.00 bits per heavy atom. The lowest BCUT2D eigenvalue weighted by molar-refractivity contribution is -0.119. The van der Waals surface area contributed by atoms with Gasteiger partial charge in [0, 0.05) is 5.92 Å². The molecule has 1 aromatic rings. The molecular formula is C13H19NO3S. The van der Waals surface area contributed by atoms with Crippen molar-refractivity contribution in [3.05, 3.63) is 29.8 Å². The normalized spacial score (nSPS) is 13.6. The first kappa shape index (κ1) is 14.9. The Morgan fingerprint density at radius 1 is 1.17 bits per heavy atom. The number of ketones is 1. The topological polar surface area (TPSA) is 63.2 Å². The molecule has 0 aliphatic carbocycles. The van der Waals surface area contributed by atoms with Gasteiger partial charge in [0.25, 0.3) is 0 Å². The summed E-state index contributed by atoms with van der Waals surface area (Å²) in [7, 11) is -2.05. The number of nitrogens with one attached hydrogen (secondary N) is 1. The molecule has 0 radical (unpaired) electrons. The van der Waals surface area contributed by atoms with E-state index in [0.29, 0.717) is 0 Å². The van der Waals surface area contributed by atoms with Gasteiger partial charge in [-0.1, -0.05) is 26.0 Å². The Hall–Kier alpha value is -1.20. The van der Waals surface area contributed by atoms with Gasteiger partial charge in [0.15, 0.2) is 0 Å². The molecule has 5 heteroatoms. The van der Waals surface area contributed by atoms with Crippen molar-refractivity contribution in [3.8, 4) is 0 Å². The van der Waals surface area contributed by atoms with Gasteiger partial charge in [0.2, 0.25) is 10.0 Å². The second-order valence-corrected chi connectivity index (χ2v) is 6.50. The minimum atomic E-state index is -3.42. The summed E-state index contributed by atoms with van der Waals surface area (Å²) >= 11 is 0. The zero-order valence-corrected chi connectivity index (χ0v) is 11.9. The first-order valence-corrected chi connectivity index (χ1v) is 7.32. The monoisotopic (exact) mass is 269 g/mol. The molecule has 0 aromatic heterocycles. The number of rotatable bonds is 5. The van der Waals surface area contributed by atoms with Crippen LogP contribution >= 0.6 is 0 Å². The maximum absolute atomic E-state index is 11.6. The standard InChI is InChI=1S/C13H19NO3S/c1-9(2)13(10(3)15)11-5-7-12(8-6-11)18(16,17)14-4/h5-9,13-14H,1-4H3. The predicted octanol–water partition coefficient (Wildman–Crippen LogP) is 1.92. The van der Waals surface area contributed by atoms with Gasteiger partial charge >= 0.3 is 0 Å². The maximum atomic E-state index is 11.6. The molecule has 0 spiro atoms. The van der Waals surface area contributed by atoms with Crippen LogP contribution in [0.25, 0.3) is 0 Å². The molecule has 0 aliphatic heterocycles. The molecule has 0 heterocycles. The fraction of sp³-hybridized carbons (Fsp3) is 0.462. The third-order valence-corrected chi connectivity index (χ3v) is 4.35. The minimum Gasteiger partial charge on any atom is -0.299 e. The van der Waals surface area contributed by atoms with Crippen molar-refractivity contribution < 1.29 is 13.2 Å². The highest BCUT2D eigenvalue weighted by Crippen LogP contribution is 2.26. The average molecular weight is 269 g/mol. The van der Waals surface area contributed by atoms with E-state index in [-0.39, 0.29) is 22.5 Å². The molecule has 100 valence electrons. The van der Waals surface area contributed by atoms with Crippen molar-refractivity contribution in [3.63, 3.8) is 0 Å². The van der Waals surface area contributed by atoms with Crippen molar-refractivity contribution in [2.45, 2.75) is 31.6 Å². The smallest absolute Gasteiger partial charge is 0.240 e. The lowest BCUT2D eigenvalue weighted by Crippen LogP contribution is -2.19. The van der Waals surface area contributed by atoms with Crippen LogP contribution in [-0.4, -0.2) is 21.2 Å². The van der Waals surface area contributed by atoms with Crippen LogP contribution in [-0.2, 0) is 14.8 Å². The van der Waals surface area contributed by atoms with E-state index < -0.39 is 10.0 Å². The molecular weight excluding hydrogens is 250 g/mol. The van der Waals surface area contributed by atoms with E-state index in [2.05, 4.69) is 4.72 Å². The van der Waals surface area contributed by atoms with Gasteiger partial charge in [0.1, 0.15) is 5.78 Å². The van der Waals surface area contributed by atoms with Crippen LogP contribution in [0.1, 0.15) is 32.3 Å². The molecule has 4 nitrogen and oxygen atoms in total. The molecule has 0 aliphatic rings. The number of sulfonamides is 1. The first-order chi connectivity index (χ1) is 8.29. The third kappa shape index (κ3) is 3.17. The second-order valence-electron chi connectivity index (χ2n) is 4.61. The fourth-order valence-corrected chi connectivity index (χ4v) is 2.79. The van der Waals surface area contributed by atoms with Crippen LogP contribution in [0.4, 0.5) is 0 Å². The van der Waals surface area contributed by atoms with Gasteiger partial charge in [-0.3, -0.25) is 4.79 Å². The zero-order chi connectivity index (χ0) is 13.9. The average Bonchev–Trinajstić information content (AvgIpc) is 2.29. The summed E-state index contributed by atoms with van der Waals surface area (Å²) in [5.41, 5.74) is 0.854. The van der Waals surface area contributed by atoms with Crippen molar-refractivity contribution in [2.75, 3.05) is 7.05 Å². The quantitative estimate of drug-likeness (QED) is 0.888. The van der Waals surface area contributed by atoms with Crippen LogP contribution in [0.5, 0.6) is 0 Å². The van der Waals surface area contributed by atoms with Crippen LogP contribution < -0.4 is 4.72 Å². The summed E-state index contributed by atoms with van der Waals surface area (Å²) in [6.45, 7) is 5.51. The highest BCUT2D eigenvalue weighted by molar-refractivity contribution is 7.89. The maximum Gasteiger partial charge on any atom is 0.240 e. The Balaban J connectivity index is 3.13. The molecule has 0 saturated heterocycles. The van der Waals surface area contributed by atoms with E-state index in [1.165, 1.54) is 19.2 Å². The van der Waals surface area contributed by atoms with Gasteiger partial charge < -0.3 is 0 Å². The highest BCUT2D eigenvalue weighted by atomic mass is 32.2. The van der Waals surface area contributed by atoms with Gasteiger partial charge in [-0.15, -0.1) is 0 Å². The molecule has 0 bridgehead atoms. The van der Waals surface area contributed by atoms with Crippen molar-refractivity contribution >= 4 is 15.8 Å². The van der Waals surface area contributed by atoms with Crippen molar-refractivity contribution in [2.24, 2.45) is 5.92 Å². The third-order valence-electron chi connectivity index (χ3n) is 2.92. The van der Waals surface area contributed by atoms with Gasteiger partial charge in [-0.2, -0.15) is 0 Å².